The molecule has 0 aliphatic rings. The van der Waals surface area contributed by atoms with Gasteiger partial charge in [0.25, 0.3) is 0 Å². The van der Waals surface area contributed by atoms with Gasteiger partial charge in [0.15, 0.2) is 0 Å². The first kappa shape index (κ1) is 8.80. The van der Waals surface area contributed by atoms with Crippen molar-refractivity contribution in [2.45, 2.75) is 12.5 Å². The Morgan fingerprint density at radius 2 is 2.58 bits per heavy atom. The molecule has 0 bridgehead atoms. The highest BCUT2D eigenvalue weighted by Gasteiger charge is 2.16. The number of carboxylic acid groups (broad SMARTS) is 1. The van der Waals surface area contributed by atoms with E-state index in [4.69, 9.17) is 14.3 Å². The Balaban J connectivity index is 2.63. The average molecular weight is 170 g/mol. The first-order chi connectivity index (χ1) is 5.74. The van der Waals surface area contributed by atoms with Crippen molar-refractivity contribution in [3.63, 3.8) is 0 Å². The Morgan fingerprint density at radius 3 is 3.00 bits per heavy atom. The van der Waals surface area contributed by atoms with Gasteiger partial charge >= 0.3 is 5.97 Å². The van der Waals surface area contributed by atoms with Crippen LogP contribution in [0, 0.1) is 0 Å². The van der Waals surface area contributed by atoms with Gasteiger partial charge in [-0.3, -0.25) is 4.79 Å². The normalized spacial score (nSPS) is 12.8. The molecule has 0 saturated carbocycles. The largest absolute Gasteiger partial charge is 0.481 e. The number of methoxy groups -OCH3 is 1. The minimum Gasteiger partial charge on any atom is -0.481 e. The lowest BCUT2D eigenvalue weighted by Gasteiger charge is -2.08. The lowest BCUT2D eigenvalue weighted by Crippen LogP contribution is -2.07. The summed E-state index contributed by atoms with van der Waals surface area (Å²) in [5.41, 5.74) is 0. The first-order valence-electron chi connectivity index (χ1n) is 3.52. The summed E-state index contributed by atoms with van der Waals surface area (Å²) >= 11 is 0. The van der Waals surface area contributed by atoms with Crippen molar-refractivity contribution < 1.29 is 19.1 Å². The molecule has 0 aromatic carbocycles. The predicted molar refractivity (Wildman–Crippen MR) is 40.7 cm³/mol. The van der Waals surface area contributed by atoms with E-state index in [1.165, 1.54) is 13.4 Å². The molecule has 0 aliphatic carbocycles. The van der Waals surface area contributed by atoms with E-state index in [-0.39, 0.29) is 6.42 Å². The molecule has 1 heterocycles. The molecular formula is C8H10O4. The van der Waals surface area contributed by atoms with Crippen molar-refractivity contribution in [1.29, 1.82) is 0 Å². The fraction of sp³-hybridized carbons (Fsp3) is 0.375. The van der Waals surface area contributed by atoms with E-state index in [0.29, 0.717) is 5.76 Å². The maximum Gasteiger partial charge on any atom is 0.306 e. The van der Waals surface area contributed by atoms with Gasteiger partial charge in [0.1, 0.15) is 11.9 Å². The van der Waals surface area contributed by atoms with E-state index in [0.717, 1.165) is 0 Å². The lowest BCUT2D eigenvalue weighted by molar-refractivity contribution is -0.140. The zero-order valence-electron chi connectivity index (χ0n) is 6.69. The third-order valence-electron chi connectivity index (χ3n) is 1.51. The highest BCUT2D eigenvalue weighted by Crippen LogP contribution is 2.20. The molecule has 4 nitrogen and oxygen atoms in total. The minimum atomic E-state index is -0.904. The predicted octanol–water partition coefficient (Wildman–Crippen LogP) is 1.44. The van der Waals surface area contributed by atoms with Gasteiger partial charge in [-0.2, -0.15) is 0 Å². The molecule has 1 unspecified atom stereocenters. The van der Waals surface area contributed by atoms with E-state index in [1.54, 1.807) is 12.1 Å². The minimum absolute atomic E-state index is 0.0794. The molecule has 0 spiro atoms. The maximum absolute atomic E-state index is 10.3. The van der Waals surface area contributed by atoms with Gasteiger partial charge < -0.3 is 14.3 Å². The molecule has 0 saturated heterocycles. The number of ether oxygens (including phenoxy) is 1. The summed E-state index contributed by atoms with van der Waals surface area (Å²) in [6, 6.07) is 3.39. The number of carbonyl (C=O) groups is 1. The number of hydrogen-bond donors (Lipinski definition) is 1. The zero-order chi connectivity index (χ0) is 8.97. The molecule has 0 aliphatic heterocycles. The molecule has 0 fully saturated rings. The SMILES string of the molecule is COC(CC(=O)O)c1ccco1. The van der Waals surface area contributed by atoms with Crippen molar-refractivity contribution in [2.75, 3.05) is 7.11 Å². The van der Waals surface area contributed by atoms with Crippen LogP contribution < -0.4 is 0 Å². The van der Waals surface area contributed by atoms with Crippen molar-refractivity contribution in [2.24, 2.45) is 0 Å². The van der Waals surface area contributed by atoms with Crippen LogP contribution in [0.5, 0.6) is 0 Å². The molecule has 1 rings (SSSR count). The quantitative estimate of drug-likeness (QED) is 0.742. The highest BCUT2D eigenvalue weighted by atomic mass is 16.5. The van der Waals surface area contributed by atoms with Crippen LogP contribution >= 0.6 is 0 Å². The molecule has 66 valence electrons. The van der Waals surface area contributed by atoms with Crippen LogP contribution in [0.1, 0.15) is 18.3 Å². The molecule has 12 heavy (non-hydrogen) atoms. The van der Waals surface area contributed by atoms with E-state index in [1.807, 2.05) is 0 Å². The van der Waals surface area contributed by atoms with Crippen LogP contribution in [-0.4, -0.2) is 18.2 Å². The van der Waals surface area contributed by atoms with Crippen LogP contribution in [0.3, 0.4) is 0 Å². The van der Waals surface area contributed by atoms with Gasteiger partial charge in [0.2, 0.25) is 0 Å². The van der Waals surface area contributed by atoms with E-state index in [9.17, 15) is 4.79 Å². The third-order valence-corrected chi connectivity index (χ3v) is 1.51. The summed E-state index contributed by atoms with van der Waals surface area (Å²) in [7, 11) is 1.45. The Bertz CT molecular complexity index is 240. The number of hydrogen-bond acceptors (Lipinski definition) is 3. The summed E-state index contributed by atoms with van der Waals surface area (Å²) < 4.78 is 9.93. The van der Waals surface area contributed by atoms with Crippen molar-refractivity contribution in [3.8, 4) is 0 Å². The lowest BCUT2D eigenvalue weighted by atomic mass is 10.2. The molecule has 1 aromatic rings. The van der Waals surface area contributed by atoms with Crippen LogP contribution in [0.25, 0.3) is 0 Å². The molecule has 1 N–H and O–H groups in total. The highest BCUT2D eigenvalue weighted by molar-refractivity contribution is 5.67. The summed E-state index contributed by atoms with van der Waals surface area (Å²) in [6.07, 6.45) is 0.922. The summed E-state index contributed by atoms with van der Waals surface area (Å²) in [4.78, 5) is 10.3. The van der Waals surface area contributed by atoms with E-state index >= 15 is 0 Å². The number of furan rings is 1. The van der Waals surface area contributed by atoms with Gasteiger partial charge in [0, 0.05) is 7.11 Å². The van der Waals surface area contributed by atoms with Gasteiger partial charge in [-0.05, 0) is 12.1 Å². The molecule has 4 heteroatoms. The van der Waals surface area contributed by atoms with Crippen molar-refractivity contribution >= 4 is 5.97 Å². The number of aliphatic carboxylic acids is 1. The third kappa shape index (κ3) is 2.10. The average Bonchev–Trinajstić information content (AvgIpc) is 2.51. The van der Waals surface area contributed by atoms with Gasteiger partial charge in [0.05, 0.1) is 12.7 Å². The molecule has 1 atom stereocenters. The second-order valence-electron chi connectivity index (χ2n) is 2.34. The smallest absolute Gasteiger partial charge is 0.306 e. The standard InChI is InChI=1S/C8H10O4/c1-11-7(5-8(9)10)6-3-2-4-12-6/h2-4,7H,5H2,1H3,(H,9,10). The van der Waals surface area contributed by atoms with E-state index < -0.39 is 12.1 Å². The Morgan fingerprint density at radius 1 is 1.83 bits per heavy atom. The van der Waals surface area contributed by atoms with Crippen LogP contribution in [0.15, 0.2) is 22.8 Å². The molecule has 0 radical (unpaired) electrons. The summed E-state index contributed by atoms with van der Waals surface area (Å²) in [6.45, 7) is 0. The zero-order valence-corrected chi connectivity index (χ0v) is 6.69. The fourth-order valence-electron chi connectivity index (χ4n) is 0.933. The number of rotatable bonds is 4. The second kappa shape index (κ2) is 3.92. The maximum atomic E-state index is 10.3. The van der Waals surface area contributed by atoms with Crippen molar-refractivity contribution in [1.82, 2.24) is 0 Å². The van der Waals surface area contributed by atoms with Gasteiger partial charge in [-0.25, -0.2) is 0 Å². The van der Waals surface area contributed by atoms with Crippen LogP contribution in [0.2, 0.25) is 0 Å². The second-order valence-corrected chi connectivity index (χ2v) is 2.34. The summed E-state index contributed by atoms with van der Waals surface area (Å²) in [5.74, 6) is -0.363. The topological polar surface area (TPSA) is 59.7 Å². The van der Waals surface area contributed by atoms with Gasteiger partial charge in [-0.15, -0.1) is 0 Å². The number of carboxylic acids is 1. The van der Waals surface area contributed by atoms with Gasteiger partial charge in [-0.1, -0.05) is 0 Å². The van der Waals surface area contributed by atoms with Crippen LogP contribution in [0.4, 0.5) is 0 Å². The first-order valence-corrected chi connectivity index (χ1v) is 3.52. The Labute approximate surface area is 69.8 Å². The summed E-state index contributed by atoms with van der Waals surface area (Å²) in [5, 5.41) is 8.49. The molecule has 0 amide bonds. The Kier molecular flexibility index (Phi) is 2.88. The molecular weight excluding hydrogens is 160 g/mol. The van der Waals surface area contributed by atoms with Crippen LogP contribution in [-0.2, 0) is 9.53 Å². The fourth-order valence-corrected chi connectivity index (χ4v) is 0.933. The van der Waals surface area contributed by atoms with Crippen molar-refractivity contribution in [3.05, 3.63) is 24.2 Å². The monoisotopic (exact) mass is 170 g/mol. The molecule has 1 aromatic heterocycles. The van der Waals surface area contributed by atoms with E-state index in [2.05, 4.69) is 0 Å². The Hall–Kier alpha value is -1.29.